The van der Waals surface area contributed by atoms with Crippen molar-refractivity contribution in [2.24, 2.45) is 5.92 Å². The van der Waals surface area contributed by atoms with Crippen LogP contribution in [0.25, 0.3) is 5.65 Å². The van der Waals surface area contributed by atoms with Gasteiger partial charge in [-0.25, -0.2) is 0 Å². The molecule has 0 bridgehead atoms. The Labute approximate surface area is 142 Å². The molecule has 4 rings (SSSR count). The minimum atomic E-state index is -3.44. The van der Waals surface area contributed by atoms with E-state index < -0.39 is 10.2 Å². The highest BCUT2D eigenvalue weighted by atomic mass is 32.2. The van der Waals surface area contributed by atoms with Gasteiger partial charge in [0.1, 0.15) is 0 Å². The van der Waals surface area contributed by atoms with Gasteiger partial charge in [-0.05, 0) is 43.7 Å². The standard InChI is InChI=1S/C16H23N5O2S/c1-13-7-11-19(12-8-13)24(22,23)21-10-4-5-14(21)16-18-17-15-6-2-3-9-20(15)16/h2-3,6,9,13-14H,4-5,7-8,10-12H2,1H3. The number of fused-ring (bicyclic) bond motifs is 1. The van der Waals surface area contributed by atoms with Gasteiger partial charge in [-0.15, -0.1) is 10.2 Å². The first-order valence-electron chi connectivity index (χ1n) is 8.64. The number of piperidine rings is 1. The van der Waals surface area contributed by atoms with Gasteiger partial charge in [-0.3, -0.25) is 4.40 Å². The van der Waals surface area contributed by atoms with Crippen molar-refractivity contribution in [1.29, 1.82) is 0 Å². The van der Waals surface area contributed by atoms with Crippen molar-refractivity contribution in [3.05, 3.63) is 30.2 Å². The van der Waals surface area contributed by atoms with Gasteiger partial charge in [0.05, 0.1) is 6.04 Å². The largest absolute Gasteiger partial charge is 0.285 e. The van der Waals surface area contributed by atoms with Crippen molar-refractivity contribution < 1.29 is 8.42 Å². The first kappa shape index (κ1) is 16.0. The monoisotopic (exact) mass is 349 g/mol. The molecule has 2 aromatic heterocycles. The maximum absolute atomic E-state index is 13.1. The van der Waals surface area contributed by atoms with Crippen LogP contribution in [0.5, 0.6) is 0 Å². The summed E-state index contributed by atoms with van der Waals surface area (Å²) in [6.45, 7) is 3.98. The van der Waals surface area contributed by atoms with E-state index in [-0.39, 0.29) is 6.04 Å². The number of hydrogen-bond acceptors (Lipinski definition) is 4. The van der Waals surface area contributed by atoms with Gasteiger partial charge in [0.25, 0.3) is 10.2 Å². The number of aromatic nitrogens is 3. The molecule has 4 heterocycles. The van der Waals surface area contributed by atoms with Crippen LogP contribution in [-0.2, 0) is 10.2 Å². The lowest BCUT2D eigenvalue weighted by atomic mass is 10.0. The average molecular weight is 349 g/mol. The molecule has 2 fully saturated rings. The fraction of sp³-hybridized carbons (Fsp3) is 0.625. The van der Waals surface area contributed by atoms with E-state index in [2.05, 4.69) is 17.1 Å². The van der Waals surface area contributed by atoms with Crippen LogP contribution >= 0.6 is 0 Å². The molecular formula is C16H23N5O2S. The van der Waals surface area contributed by atoms with Gasteiger partial charge >= 0.3 is 0 Å². The summed E-state index contributed by atoms with van der Waals surface area (Å²) in [7, 11) is -3.44. The van der Waals surface area contributed by atoms with Crippen LogP contribution in [0, 0.1) is 5.92 Å². The summed E-state index contributed by atoms with van der Waals surface area (Å²) in [6, 6.07) is 5.48. The molecule has 24 heavy (non-hydrogen) atoms. The Morgan fingerprint density at radius 3 is 2.67 bits per heavy atom. The Morgan fingerprint density at radius 2 is 1.88 bits per heavy atom. The molecule has 8 heteroatoms. The van der Waals surface area contributed by atoms with Gasteiger partial charge in [0, 0.05) is 25.8 Å². The Kier molecular flexibility index (Phi) is 4.06. The molecule has 1 atom stereocenters. The van der Waals surface area contributed by atoms with Crippen LogP contribution in [0.1, 0.15) is 44.5 Å². The third kappa shape index (κ3) is 2.62. The van der Waals surface area contributed by atoms with E-state index in [4.69, 9.17) is 0 Å². The topological polar surface area (TPSA) is 70.8 Å². The molecule has 130 valence electrons. The molecule has 2 aliphatic heterocycles. The third-order valence-corrected chi connectivity index (χ3v) is 7.25. The van der Waals surface area contributed by atoms with Crippen molar-refractivity contribution >= 4 is 15.9 Å². The predicted molar refractivity (Wildman–Crippen MR) is 90.6 cm³/mol. The van der Waals surface area contributed by atoms with E-state index >= 15 is 0 Å². The molecule has 1 unspecified atom stereocenters. The number of nitrogens with zero attached hydrogens (tertiary/aromatic N) is 5. The van der Waals surface area contributed by atoms with Crippen molar-refractivity contribution in [1.82, 2.24) is 23.2 Å². The normalized spacial score (nSPS) is 24.8. The molecule has 0 aliphatic carbocycles. The maximum Gasteiger partial charge on any atom is 0.282 e. The van der Waals surface area contributed by atoms with Gasteiger partial charge in [-0.2, -0.15) is 17.0 Å². The Morgan fingerprint density at radius 1 is 1.08 bits per heavy atom. The van der Waals surface area contributed by atoms with Crippen LogP contribution in [0.4, 0.5) is 0 Å². The maximum atomic E-state index is 13.1. The second kappa shape index (κ2) is 6.09. The summed E-state index contributed by atoms with van der Waals surface area (Å²) in [6.07, 6.45) is 5.42. The van der Waals surface area contributed by atoms with Crippen molar-refractivity contribution in [3.8, 4) is 0 Å². The minimum Gasteiger partial charge on any atom is -0.285 e. The molecule has 2 aliphatic rings. The summed E-state index contributed by atoms with van der Waals surface area (Å²) in [4.78, 5) is 0. The lowest BCUT2D eigenvalue weighted by Gasteiger charge is -2.34. The molecule has 0 radical (unpaired) electrons. The Bertz CT molecular complexity index is 826. The fourth-order valence-corrected chi connectivity index (χ4v) is 5.58. The van der Waals surface area contributed by atoms with E-state index in [1.807, 2.05) is 28.8 Å². The summed E-state index contributed by atoms with van der Waals surface area (Å²) < 4.78 is 31.4. The van der Waals surface area contributed by atoms with Gasteiger partial charge in [-0.1, -0.05) is 13.0 Å². The van der Waals surface area contributed by atoms with Crippen LogP contribution in [-0.4, -0.2) is 51.3 Å². The van der Waals surface area contributed by atoms with Crippen LogP contribution in [0.2, 0.25) is 0 Å². The highest BCUT2D eigenvalue weighted by Gasteiger charge is 2.41. The van der Waals surface area contributed by atoms with Gasteiger partial charge in [0.15, 0.2) is 11.5 Å². The van der Waals surface area contributed by atoms with Crippen molar-refractivity contribution in [2.45, 2.75) is 38.6 Å². The molecule has 0 aromatic carbocycles. The SMILES string of the molecule is CC1CCN(S(=O)(=O)N2CCCC2c2nnc3ccccn23)CC1. The van der Waals surface area contributed by atoms with E-state index in [9.17, 15) is 8.42 Å². The quantitative estimate of drug-likeness (QED) is 0.848. The third-order valence-electron chi connectivity index (χ3n) is 5.21. The average Bonchev–Trinajstić information content (AvgIpc) is 3.22. The summed E-state index contributed by atoms with van der Waals surface area (Å²) in [5.41, 5.74) is 0.753. The number of hydrogen-bond donors (Lipinski definition) is 0. The van der Waals surface area contributed by atoms with E-state index in [1.165, 1.54) is 0 Å². The van der Waals surface area contributed by atoms with Gasteiger partial charge in [0.2, 0.25) is 0 Å². The zero-order valence-electron chi connectivity index (χ0n) is 13.9. The second-order valence-corrected chi connectivity index (χ2v) is 8.73. The molecule has 2 aromatic rings. The molecule has 0 amide bonds. The molecule has 0 saturated carbocycles. The Balaban J connectivity index is 1.65. The second-order valence-electron chi connectivity index (χ2n) is 6.85. The Hall–Kier alpha value is -1.51. The van der Waals surface area contributed by atoms with E-state index in [1.54, 1.807) is 8.61 Å². The van der Waals surface area contributed by atoms with Crippen LogP contribution < -0.4 is 0 Å². The highest BCUT2D eigenvalue weighted by Crippen LogP contribution is 2.35. The molecule has 0 spiro atoms. The zero-order chi connectivity index (χ0) is 16.7. The van der Waals surface area contributed by atoms with Crippen molar-refractivity contribution in [3.63, 3.8) is 0 Å². The van der Waals surface area contributed by atoms with Crippen molar-refractivity contribution in [2.75, 3.05) is 19.6 Å². The lowest BCUT2D eigenvalue weighted by molar-refractivity contribution is 0.258. The summed E-state index contributed by atoms with van der Waals surface area (Å²) in [5.74, 6) is 1.32. The number of pyridine rings is 1. The molecular weight excluding hydrogens is 326 g/mol. The van der Waals surface area contributed by atoms with Gasteiger partial charge < -0.3 is 0 Å². The molecule has 2 saturated heterocycles. The van der Waals surface area contributed by atoms with Crippen LogP contribution in [0.15, 0.2) is 24.4 Å². The lowest BCUT2D eigenvalue weighted by Crippen LogP contribution is -2.46. The predicted octanol–water partition coefficient (Wildman–Crippen LogP) is 1.84. The first-order chi connectivity index (χ1) is 11.6. The summed E-state index contributed by atoms with van der Waals surface area (Å²) >= 11 is 0. The minimum absolute atomic E-state index is 0.230. The van der Waals surface area contributed by atoms with E-state index in [0.29, 0.717) is 25.6 Å². The number of rotatable bonds is 3. The fourth-order valence-electron chi connectivity index (χ4n) is 3.73. The van der Waals surface area contributed by atoms with Crippen LogP contribution in [0.3, 0.4) is 0 Å². The highest BCUT2D eigenvalue weighted by molar-refractivity contribution is 7.86. The molecule has 7 nitrogen and oxygen atoms in total. The zero-order valence-corrected chi connectivity index (χ0v) is 14.7. The van der Waals surface area contributed by atoms with E-state index in [0.717, 1.165) is 37.2 Å². The summed E-state index contributed by atoms with van der Waals surface area (Å²) in [5, 5.41) is 8.47. The first-order valence-corrected chi connectivity index (χ1v) is 10.0. The smallest absolute Gasteiger partial charge is 0.282 e. The molecule has 0 N–H and O–H groups in total.